The summed E-state index contributed by atoms with van der Waals surface area (Å²) in [4.78, 5) is 29.9. The van der Waals surface area contributed by atoms with Crippen LogP contribution in [0.2, 0.25) is 5.02 Å². The molecule has 0 aliphatic rings. The molecule has 0 aliphatic heterocycles. The van der Waals surface area contributed by atoms with Crippen molar-refractivity contribution in [1.82, 2.24) is 9.97 Å². The Bertz CT molecular complexity index is 667. The van der Waals surface area contributed by atoms with E-state index in [9.17, 15) is 9.59 Å². The molecule has 2 rings (SSSR count). The van der Waals surface area contributed by atoms with Crippen LogP contribution < -0.4 is 15.5 Å². The number of aromatic amines is 1. The largest absolute Gasteiger partial charge is 0.478 e. The van der Waals surface area contributed by atoms with Gasteiger partial charge in [0.2, 0.25) is 5.43 Å². The fourth-order valence-electron chi connectivity index (χ4n) is 1.44. The van der Waals surface area contributed by atoms with Crippen molar-refractivity contribution in [3.8, 4) is 5.75 Å². The van der Waals surface area contributed by atoms with Crippen LogP contribution in [0.3, 0.4) is 0 Å². The quantitative estimate of drug-likeness (QED) is 0.899. The first-order valence-electron chi connectivity index (χ1n) is 5.78. The number of nitrogens with zero attached hydrogens (tertiary/aromatic N) is 1. The fraction of sp³-hybridized carbons (Fsp3) is 0.154. The Balaban J connectivity index is 1.92. The minimum Gasteiger partial charge on any atom is -0.478 e. The first kappa shape index (κ1) is 14.1. The molecule has 0 saturated heterocycles. The zero-order chi connectivity index (χ0) is 14.5. The number of carbonyl (C=O) groups is 1. The summed E-state index contributed by atoms with van der Waals surface area (Å²) in [7, 11) is 0. The first-order valence-corrected chi connectivity index (χ1v) is 6.16. The monoisotopic (exact) mass is 293 g/mol. The summed E-state index contributed by atoms with van der Waals surface area (Å²) in [5, 5.41) is 3.00. The Morgan fingerprint density at radius 1 is 1.50 bits per heavy atom. The van der Waals surface area contributed by atoms with Crippen molar-refractivity contribution in [2.24, 2.45) is 0 Å². The number of aryl methyl sites for hydroxylation is 1. The number of ether oxygens (including phenoxy) is 1. The van der Waals surface area contributed by atoms with Crippen molar-refractivity contribution in [3.05, 3.63) is 51.5 Å². The van der Waals surface area contributed by atoms with E-state index in [1.165, 1.54) is 18.5 Å². The van der Waals surface area contributed by atoms with E-state index in [1.807, 2.05) is 0 Å². The molecular formula is C13H12ClN3O3. The molecule has 0 bridgehead atoms. The van der Waals surface area contributed by atoms with Gasteiger partial charge >= 0.3 is 0 Å². The highest BCUT2D eigenvalue weighted by Gasteiger charge is 2.06. The van der Waals surface area contributed by atoms with Gasteiger partial charge in [0.05, 0.1) is 5.02 Å². The number of rotatable bonds is 4. The van der Waals surface area contributed by atoms with Crippen molar-refractivity contribution in [2.45, 2.75) is 6.92 Å². The Morgan fingerprint density at radius 3 is 2.95 bits per heavy atom. The van der Waals surface area contributed by atoms with Crippen molar-refractivity contribution in [1.29, 1.82) is 0 Å². The second-order valence-electron chi connectivity index (χ2n) is 4.04. The van der Waals surface area contributed by atoms with E-state index in [-0.39, 0.29) is 17.8 Å². The lowest BCUT2D eigenvalue weighted by Crippen LogP contribution is -2.22. The normalized spacial score (nSPS) is 10.1. The van der Waals surface area contributed by atoms with Crippen LogP contribution in [-0.2, 0) is 4.79 Å². The number of H-pyrrole nitrogens is 1. The van der Waals surface area contributed by atoms with E-state index < -0.39 is 5.91 Å². The minimum absolute atomic E-state index is 0.0924. The molecule has 0 aliphatic carbocycles. The molecule has 104 valence electrons. The molecule has 2 aromatic rings. The average molecular weight is 294 g/mol. The SMILES string of the molecule is Cc1cc(=O)c(OCC(=O)Nc2ccc(Cl)cn2)c[nH]1. The van der Waals surface area contributed by atoms with Gasteiger partial charge in [0, 0.05) is 24.2 Å². The van der Waals surface area contributed by atoms with Crippen LogP contribution in [0.4, 0.5) is 5.82 Å². The number of hydrogen-bond donors (Lipinski definition) is 2. The van der Waals surface area contributed by atoms with E-state index in [0.717, 1.165) is 5.69 Å². The highest BCUT2D eigenvalue weighted by atomic mass is 35.5. The van der Waals surface area contributed by atoms with Crippen LogP contribution in [-0.4, -0.2) is 22.5 Å². The molecule has 0 atom stereocenters. The van der Waals surface area contributed by atoms with Crippen molar-refractivity contribution in [2.75, 3.05) is 11.9 Å². The van der Waals surface area contributed by atoms with Gasteiger partial charge in [0.1, 0.15) is 5.82 Å². The molecule has 0 saturated carbocycles. The summed E-state index contributed by atoms with van der Waals surface area (Å²) in [6, 6.07) is 4.57. The molecule has 0 aromatic carbocycles. The summed E-state index contributed by atoms with van der Waals surface area (Å²) >= 11 is 5.68. The molecule has 2 N–H and O–H groups in total. The van der Waals surface area contributed by atoms with Crippen LogP contribution in [0.5, 0.6) is 5.75 Å². The Kier molecular flexibility index (Phi) is 4.37. The summed E-state index contributed by atoms with van der Waals surface area (Å²) < 4.78 is 5.14. The Morgan fingerprint density at radius 2 is 2.30 bits per heavy atom. The van der Waals surface area contributed by atoms with Crippen LogP contribution in [0.25, 0.3) is 0 Å². The molecule has 0 fully saturated rings. The van der Waals surface area contributed by atoms with Crippen LogP contribution in [0, 0.1) is 6.92 Å². The maximum absolute atomic E-state index is 11.6. The maximum Gasteiger partial charge on any atom is 0.263 e. The number of nitrogens with one attached hydrogen (secondary N) is 2. The zero-order valence-electron chi connectivity index (χ0n) is 10.6. The number of hydrogen-bond acceptors (Lipinski definition) is 4. The summed E-state index contributed by atoms with van der Waals surface area (Å²) in [5.74, 6) is 0.0374. The summed E-state index contributed by atoms with van der Waals surface area (Å²) in [6.07, 6.45) is 2.84. The molecule has 0 spiro atoms. The highest BCUT2D eigenvalue weighted by Crippen LogP contribution is 2.09. The van der Waals surface area contributed by atoms with E-state index in [0.29, 0.717) is 10.8 Å². The second kappa shape index (κ2) is 6.21. The zero-order valence-corrected chi connectivity index (χ0v) is 11.4. The lowest BCUT2D eigenvalue weighted by molar-refractivity contribution is -0.118. The molecule has 0 radical (unpaired) electrons. The Hall–Kier alpha value is -2.34. The predicted octanol–water partition coefficient (Wildman–Crippen LogP) is 1.75. The maximum atomic E-state index is 11.6. The van der Waals surface area contributed by atoms with E-state index >= 15 is 0 Å². The molecular weight excluding hydrogens is 282 g/mol. The van der Waals surface area contributed by atoms with E-state index in [1.54, 1.807) is 19.1 Å². The molecule has 2 aromatic heterocycles. The van der Waals surface area contributed by atoms with E-state index in [4.69, 9.17) is 16.3 Å². The van der Waals surface area contributed by atoms with Gasteiger partial charge in [-0.05, 0) is 19.1 Å². The van der Waals surface area contributed by atoms with Crippen molar-refractivity contribution in [3.63, 3.8) is 0 Å². The topological polar surface area (TPSA) is 84.1 Å². The molecule has 2 heterocycles. The third kappa shape index (κ3) is 3.83. The highest BCUT2D eigenvalue weighted by molar-refractivity contribution is 6.30. The number of amides is 1. The molecule has 0 unspecified atom stereocenters. The lowest BCUT2D eigenvalue weighted by atomic mass is 10.3. The summed E-state index contributed by atoms with van der Waals surface area (Å²) in [6.45, 7) is 1.47. The van der Waals surface area contributed by atoms with Gasteiger partial charge in [-0.15, -0.1) is 0 Å². The molecule has 20 heavy (non-hydrogen) atoms. The number of halogens is 1. The van der Waals surface area contributed by atoms with Crippen LogP contribution in [0.15, 0.2) is 35.4 Å². The Labute approximate surface area is 119 Å². The smallest absolute Gasteiger partial charge is 0.263 e. The fourth-order valence-corrected chi connectivity index (χ4v) is 1.56. The van der Waals surface area contributed by atoms with Gasteiger partial charge < -0.3 is 15.0 Å². The second-order valence-corrected chi connectivity index (χ2v) is 4.48. The average Bonchev–Trinajstić information content (AvgIpc) is 2.40. The van der Waals surface area contributed by atoms with E-state index in [2.05, 4.69) is 15.3 Å². The standard InChI is InChI=1S/C13H12ClN3O3/c1-8-4-10(18)11(6-15-8)20-7-13(19)17-12-3-2-9(14)5-16-12/h2-6H,7H2,1H3,(H,15,18)(H,16,17,19). The minimum atomic E-state index is -0.417. The number of aromatic nitrogens is 2. The lowest BCUT2D eigenvalue weighted by Gasteiger charge is -2.06. The van der Waals surface area contributed by atoms with Gasteiger partial charge in [-0.25, -0.2) is 4.98 Å². The third-order valence-electron chi connectivity index (χ3n) is 2.38. The van der Waals surface area contributed by atoms with Crippen molar-refractivity contribution < 1.29 is 9.53 Å². The molecule has 1 amide bonds. The number of pyridine rings is 2. The number of carbonyl (C=O) groups excluding carboxylic acids is 1. The third-order valence-corrected chi connectivity index (χ3v) is 2.60. The van der Waals surface area contributed by atoms with Crippen molar-refractivity contribution >= 4 is 23.3 Å². The molecule has 6 nitrogen and oxygen atoms in total. The number of anilines is 1. The van der Waals surface area contributed by atoms with Gasteiger partial charge in [0.25, 0.3) is 5.91 Å². The first-order chi connectivity index (χ1) is 9.54. The van der Waals surface area contributed by atoms with Gasteiger partial charge in [-0.3, -0.25) is 9.59 Å². The molecule has 7 heteroatoms. The summed E-state index contributed by atoms with van der Waals surface area (Å²) in [5.41, 5.74) is 0.441. The van der Waals surface area contributed by atoms with Gasteiger partial charge in [-0.2, -0.15) is 0 Å². The van der Waals surface area contributed by atoms with Gasteiger partial charge in [0.15, 0.2) is 12.4 Å². The predicted molar refractivity (Wildman–Crippen MR) is 75.2 cm³/mol. The van der Waals surface area contributed by atoms with Crippen LogP contribution >= 0.6 is 11.6 Å². The van der Waals surface area contributed by atoms with Gasteiger partial charge in [-0.1, -0.05) is 11.6 Å². The van der Waals surface area contributed by atoms with Crippen LogP contribution in [0.1, 0.15) is 5.69 Å².